The first-order valence-corrected chi connectivity index (χ1v) is 11.1. The predicted octanol–water partition coefficient (Wildman–Crippen LogP) is 5.74. The number of carbonyl (C=O) groups is 1. The number of urea groups is 1. The van der Waals surface area contributed by atoms with Crippen molar-refractivity contribution < 1.29 is 9.53 Å². The molecular formula is C26H27ClN4O2. The fraction of sp³-hybridized carbons (Fsp3) is 0.231. The molecule has 0 bridgehead atoms. The zero-order chi connectivity index (χ0) is 23.4. The summed E-state index contributed by atoms with van der Waals surface area (Å²) in [6, 6.07) is 22.5. The molecule has 1 heterocycles. The second-order valence-electron chi connectivity index (χ2n) is 8.47. The number of H-pyrrole nitrogens is 1. The maximum Gasteiger partial charge on any atom is 0.316 e. The minimum absolute atomic E-state index is 0.283. The molecule has 0 fully saturated rings. The maximum absolute atomic E-state index is 13.1. The van der Waals surface area contributed by atoms with Crippen LogP contribution in [0.25, 0.3) is 11.0 Å². The first kappa shape index (κ1) is 22.7. The number of nitrogens with one attached hydrogen (secondary N) is 3. The summed E-state index contributed by atoms with van der Waals surface area (Å²) in [5.74, 6) is 1.49. The molecule has 1 aromatic heterocycles. The number of methoxy groups -OCH3 is 1. The van der Waals surface area contributed by atoms with Crippen molar-refractivity contribution in [2.45, 2.75) is 31.8 Å². The molecule has 0 saturated carbocycles. The van der Waals surface area contributed by atoms with Gasteiger partial charge < -0.3 is 20.4 Å². The molecule has 33 heavy (non-hydrogen) atoms. The third-order valence-corrected chi connectivity index (χ3v) is 5.89. The standard InChI is InChI=1S/C26H27ClN4O2/c1-26(2,18-10-12-19(27)13-11-18)31-25(32)30-23(16-17-8-14-20(33-3)15-9-17)24-28-21-6-4-5-7-22(21)29-24/h4-15,23H,16H2,1-3H3,(H,28,29)(H2,30,31,32). The zero-order valence-corrected chi connectivity index (χ0v) is 19.6. The maximum atomic E-state index is 13.1. The van der Waals surface area contributed by atoms with E-state index in [1.54, 1.807) is 7.11 Å². The van der Waals surface area contributed by atoms with Crippen molar-refractivity contribution >= 4 is 28.7 Å². The summed E-state index contributed by atoms with van der Waals surface area (Å²) in [5.41, 5.74) is 3.20. The number of hydrogen-bond donors (Lipinski definition) is 3. The van der Waals surface area contributed by atoms with Crippen LogP contribution >= 0.6 is 11.6 Å². The molecule has 0 aliphatic rings. The Bertz CT molecular complexity index is 1200. The van der Waals surface area contributed by atoms with Crippen molar-refractivity contribution in [3.8, 4) is 5.75 Å². The van der Waals surface area contributed by atoms with E-state index in [0.717, 1.165) is 27.9 Å². The number of para-hydroxylation sites is 2. The van der Waals surface area contributed by atoms with Crippen LogP contribution in [0.5, 0.6) is 5.75 Å². The Hall–Kier alpha value is -3.51. The topological polar surface area (TPSA) is 79.0 Å². The number of fused-ring (bicyclic) bond motifs is 1. The molecule has 7 heteroatoms. The predicted molar refractivity (Wildman–Crippen MR) is 132 cm³/mol. The number of imidazole rings is 1. The van der Waals surface area contributed by atoms with Gasteiger partial charge in [-0.15, -0.1) is 0 Å². The van der Waals surface area contributed by atoms with E-state index < -0.39 is 5.54 Å². The van der Waals surface area contributed by atoms with E-state index in [1.165, 1.54) is 0 Å². The van der Waals surface area contributed by atoms with Gasteiger partial charge in [-0.05, 0) is 67.8 Å². The fourth-order valence-corrected chi connectivity index (χ4v) is 3.89. The molecule has 3 aromatic carbocycles. The molecule has 0 aliphatic heterocycles. The van der Waals surface area contributed by atoms with Gasteiger partial charge in [0, 0.05) is 5.02 Å². The second-order valence-corrected chi connectivity index (χ2v) is 8.91. The number of carbonyl (C=O) groups excluding carboxylic acids is 1. The van der Waals surface area contributed by atoms with Gasteiger partial charge in [-0.3, -0.25) is 0 Å². The molecule has 6 nitrogen and oxygen atoms in total. The monoisotopic (exact) mass is 462 g/mol. The second kappa shape index (κ2) is 9.55. The zero-order valence-electron chi connectivity index (χ0n) is 18.9. The number of rotatable bonds is 7. The highest BCUT2D eigenvalue weighted by molar-refractivity contribution is 6.30. The summed E-state index contributed by atoms with van der Waals surface area (Å²) < 4.78 is 5.26. The van der Waals surface area contributed by atoms with Gasteiger partial charge in [0.05, 0.1) is 29.7 Å². The number of benzene rings is 3. The highest BCUT2D eigenvalue weighted by atomic mass is 35.5. The molecule has 0 spiro atoms. The number of nitrogens with zero attached hydrogens (tertiary/aromatic N) is 1. The average molecular weight is 463 g/mol. The van der Waals surface area contributed by atoms with Gasteiger partial charge >= 0.3 is 6.03 Å². The average Bonchev–Trinajstić information content (AvgIpc) is 3.23. The third kappa shape index (κ3) is 5.46. The van der Waals surface area contributed by atoms with E-state index in [9.17, 15) is 4.79 Å². The molecule has 2 amide bonds. The van der Waals surface area contributed by atoms with Gasteiger partial charge in [0.15, 0.2) is 0 Å². The van der Waals surface area contributed by atoms with E-state index in [4.69, 9.17) is 21.3 Å². The van der Waals surface area contributed by atoms with Gasteiger partial charge in [-0.2, -0.15) is 0 Å². The lowest BCUT2D eigenvalue weighted by Gasteiger charge is -2.28. The van der Waals surface area contributed by atoms with Crippen molar-refractivity contribution in [1.82, 2.24) is 20.6 Å². The Morgan fingerprint density at radius 2 is 1.76 bits per heavy atom. The van der Waals surface area contributed by atoms with Gasteiger partial charge in [-0.1, -0.05) is 48.0 Å². The normalized spacial score (nSPS) is 12.4. The first-order chi connectivity index (χ1) is 15.8. The van der Waals surface area contributed by atoms with Gasteiger partial charge in [0.1, 0.15) is 11.6 Å². The van der Waals surface area contributed by atoms with Crippen LogP contribution in [0.15, 0.2) is 72.8 Å². The quantitative estimate of drug-likeness (QED) is 0.327. The van der Waals surface area contributed by atoms with E-state index in [2.05, 4.69) is 15.6 Å². The van der Waals surface area contributed by atoms with Gasteiger partial charge in [0.25, 0.3) is 0 Å². The lowest BCUT2D eigenvalue weighted by molar-refractivity contribution is 0.225. The summed E-state index contributed by atoms with van der Waals surface area (Å²) in [7, 11) is 1.64. The molecule has 1 unspecified atom stereocenters. The first-order valence-electron chi connectivity index (χ1n) is 10.8. The van der Waals surface area contributed by atoms with Crippen LogP contribution in [0.4, 0.5) is 4.79 Å². The van der Waals surface area contributed by atoms with Crippen molar-refractivity contribution in [2.75, 3.05) is 7.11 Å². The van der Waals surface area contributed by atoms with E-state index in [0.29, 0.717) is 17.3 Å². The van der Waals surface area contributed by atoms with Crippen molar-refractivity contribution in [3.63, 3.8) is 0 Å². The Morgan fingerprint density at radius 1 is 1.06 bits per heavy atom. The molecule has 1 atom stereocenters. The molecule has 4 rings (SSSR count). The number of halogens is 1. The van der Waals surface area contributed by atoms with Gasteiger partial charge in [-0.25, -0.2) is 9.78 Å². The minimum atomic E-state index is -0.590. The molecule has 3 N–H and O–H groups in total. The van der Waals surface area contributed by atoms with Crippen LogP contribution in [0.3, 0.4) is 0 Å². The SMILES string of the molecule is COc1ccc(CC(NC(=O)NC(C)(C)c2ccc(Cl)cc2)c2nc3ccccc3[nH]2)cc1. The number of ether oxygens (including phenoxy) is 1. The molecule has 0 saturated heterocycles. The molecule has 0 aliphatic carbocycles. The lowest BCUT2D eigenvalue weighted by Crippen LogP contribution is -2.47. The lowest BCUT2D eigenvalue weighted by atomic mass is 9.94. The van der Waals surface area contributed by atoms with Crippen molar-refractivity contribution in [3.05, 3.63) is 94.8 Å². The number of hydrogen-bond acceptors (Lipinski definition) is 3. The highest BCUT2D eigenvalue weighted by Crippen LogP contribution is 2.24. The van der Waals surface area contributed by atoms with E-state index in [-0.39, 0.29) is 12.1 Å². The van der Waals surface area contributed by atoms with Crippen LogP contribution in [-0.4, -0.2) is 23.1 Å². The molecular weight excluding hydrogens is 436 g/mol. The summed E-state index contributed by atoms with van der Waals surface area (Å²) in [6.07, 6.45) is 0.568. The summed E-state index contributed by atoms with van der Waals surface area (Å²) >= 11 is 6.02. The van der Waals surface area contributed by atoms with Crippen LogP contribution < -0.4 is 15.4 Å². The van der Waals surface area contributed by atoms with Crippen LogP contribution in [0.1, 0.15) is 36.8 Å². The van der Waals surface area contributed by atoms with Gasteiger partial charge in [0.2, 0.25) is 0 Å². The fourth-order valence-electron chi connectivity index (χ4n) is 3.77. The van der Waals surface area contributed by atoms with Crippen LogP contribution in [-0.2, 0) is 12.0 Å². The van der Waals surface area contributed by atoms with Crippen LogP contribution in [0.2, 0.25) is 5.02 Å². The molecule has 170 valence electrons. The Labute approximate surface area is 198 Å². The summed E-state index contributed by atoms with van der Waals surface area (Å²) in [6.45, 7) is 3.91. The minimum Gasteiger partial charge on any atom is -0.497 e. The number of aromatic nitrogens is 2. The van der Waals surface area contributed by atoms with E-state index >= 15 is 0 Å². The number of amides is 2. The summed E-state index contributed by atoms with van der Waals surface area (Å²) in [5, 5.41) is 6.84. The van der Waals surface area contributed by atoms with Crippen molar-refractivity contribution in [2.24, 2.45) is 0 Å². The molecule has 4 aromatic rings. The number of aromatic amines is 1. The largest absolute Gasteiger partial charge is 0.497 e. The van der Waals surface area contributed by atoms with Crippen LogP contribution in [0, 0.1) is 0 Å². The smallest absolute Gasteiger partial charge is 0.316 e. The summed E-state index contributed by atoms with van der Waals surface area (Å²) in [4.78, 5) is 21.2. The third-order valence-electron chi connectivity index (χ3n) is 5.63. The van der Waals surface area contributed by atoms with E-state index in [1.807, 2.05) is 86.6 Å². The Kier molecular flexibility index (Phi) is 6.56. The Morgan fingerprint density at radius 3 is 2.42 bits per heavy atom. The highest BCUT2D eigenvalue weighted by Gasteiger charge is 2.26. The molecule has 0 radical (unpaired) electrons. The Balaban J connectivity index is 1.56. The van der Waals surface area contributed by atoms with Crippen molar-refractivity contribution in [1.29, 1.82) is 0 Å².